The number of hydrogen-bond acceptors (Lipinski definition) is 4. The van der Waals surface area contributed by atoms with E-state index < -0.39 is 0 Å². The molecule has 0 aromatic heterocycles. The van der Waals surface area contributed by atoms with E-state index in [4.69, 9.17) is 15.2 Å². The number of fused-ring (bicyclic) bond motifs is 1. The predicted molar refractivity (Wildman–Crippen MR) is 65.9 cm³/mol. The monoisotopic (exact) mass is 248 g/mol. The lowest BCUT2D eigenvalue weighted by Gasteiger charge is -2.45. The molecule has 0 saturated carbocycles. The van der Waals surface area contributed by atoms with Gasteiger partial charge in [0.2, 0.25) is 0 Å². The number of nitrogens with zero attached hydrogens (tertiary/aromatic N) is 1. The number of carbonyl (C=O) groups is 1. The van der Waals surface area contributed by atoms with E-state index in [0.29, 0.717) is 43.4 Å². The summed E-state index contributed by atoms with van der Waals surface area (Å²) in [5.41, 5.74) is 6.21. The average Bonchev–Trinajstić information content (AvgIpc) is 2.34. The Kier molecular flexibility index (Phi) is 2.45. The van der Waals surface area contributed by atoms with Crippen molar-refractivity contribution in [3.05, 3.63) is 23.8 Å². The molecule has 0 aliphatic carbocycles. The minimum Gasteiger partial charge on any atom is -0.486 e. The molecule has 0 spiro atoms. The lowest BCUT2D eigenvalue weighted by molar-refractivity contribution is 0.0445. The molecule has 18 heavy (non-hydrogen) atoms. The molecule has 2 aliphatic heterocycles. The molecule has 1 aromatic carbocycles. The fraction of sp³-hybridized carbons (Fsp3) is 0.462. The van der Waals surface area contributed by atoms with Gasteiger partial charge >= 0.3 is 0 Å². The Bertz CT molecular complexity index is 491. The Labute approximate surface area is 105 Å². The molecule has 3 rings (SSSR count). The Morgan fingerprint density at radius 1 is 1.33 bits per heavy atom. The average molecular weight is 248 g/mol. The molecule has 96 valence electrons. The molecule has 2 aliphatic rings. The molecular formula is C13H16N2O3. The molecule has 1 aromatic rings. The molecule has 1 saturated heterocycles. The summed E-state index contributed by atoms with van der Waals surface area (Å²) in [4.78, 5) is 14.1. The minimum absolute atomic E-state index is 0.0414. The molecule has 5 nitrogen and oxygen atoms in total. The van der Waals surface area contributed by atoms with Crippen LogP contribution in [0.1, 0.15) is 17.3 Å². The molecule has 0 atom stereocenters. The lowest BCUT2D eigenvalue weighted by atomic mass is 9.93. The number of benzene rings is 1. The number of nitrogens with two attached hydrogens (primary N) is 1. The fourth-order valence-electron chi connectivity index (χ4n) is 2.38. The maximum atomic E-state index is 12.3. The highest BCUT2D eigenvalue weighted by Crippen LogP contribution is 2.35. The number of likely N-dealkylation sites (tertiary alicyclic amines) is 1. The summed E-state index contributed by atoms with van der Waals surface area (Å²) >= 11 is 0. The summed E-state index contributed by atoms with van der Waals surface area (Å²) < 4.78 is 11.0. The Morgan fingerprint density at radius 2 is 2.06 bits per heavy atom. The smallest absolute Gasteiger partial charge is 0.257 e. The molecular weight excluding hydrogens is 232 g/mol. The number of amides is 1. The van der Waals surface area contributed by atoms with Crippen LogP contribution < -0.4 is 15.2 Å². The van der Waals surface area contributed by atoms with Gasteiger partial charge in [-0.15, -0.1) is 0 Å². The van der Waals surface area contributed by atoms with Crippen LogP contribution in [0.5, 0.6) is 11.5 Å². The SMILES string of the molecule is CC1(N)CN(C(=O)c2cccc3c2OCCO3)C1. The first kappa shape index (κ1) is 11.3. The van der Waals surface area contributed by atoms with Crippen LogP contribution in [0, 0.1) is 0 Å². The molecule has 5 heteroatoms. The van der Waals surface area contributed by atoms with Crippen molar-refractivity contribution in [1.29, 1.82) is 0 Å². The van der Waals surface area contributed by atoms with Gasteiger partial charge < -0.3 is 20.1 Å². The van der Waals surface area contributed by atoms with Crippen molar-refractivity contribution in [2.45, 2.75) is 12.5 Å². The van der Waals surface area contributed by atoms with E-state index in [-0.39, 0.29) is 11.4 Å². The quantitative estimate of drug-likeness (QED) is 0.791. The molecule has 2 heterocycles. The van der Waals surface area contributed by atoms with E-state index in [0.717, 1.165) is 0 Å². The highest BCUT2D eigenvalue weighted by molar-refractivity contribution is 5.98. The van der Waals surface area contributed by atoms with Crippen LogP contribution in [-0.4, -0.2) is 42.6 Å². The highest BCUT2D eigenvalue weighted by atomic mass is 16.6. The molecule has 0 radical (unpaired) electrons. The van der Waals surface area contributed by atoms with Crippen molar-refractivity contribution in [3.63, 3.8) is 0 Å². The summed E-state index contributed by atoms with van der Waals surface area (Å²) in [6.45, 7) is 4.10. The van der Waals surface area contributed by atoms with Crippen molar-refractivity contribution < 1.29 is 14.3 Å². The Morgan fingerprint density at radius 3 is 2.78 bits per heavy atom. The molecule has 0 unspecified atom stereocenters. The van der Waals surface area contributed by atoms with Crippen LogP contribution >= 0.6 is 0 Å². The third-order valence-corrected chi connectivity index (χ3v) is 3.19. The standard InChI is InChI=1S/C13H16N2O3/c1-13(14)7-15(8-13)12(16)9-3-2-4-10-11(9)18-6-5-17-10/h2-4H,5-8,14H2,1H3. The van der Waals surface area contributed by atoms with Gasteiger partial charge in [-0.2, -0.15) is 0 Å². The minimum atomic E-state index is -0.262. The predicted octanol–water partition coefficient (Wildman–Crippen LogP) is 0.631. The van der Waals surface area contributed by atoms with E-state index in [1.165, 1.54) is 0 Å². The van der Waals surface area contributed by atoms with Gasteiger partial charge in [0.05, 0.1) is 5.56 Å². The summed E-state index contributed by atoms with van der Waals surface area (Å²) in [6, 6.07) is 5.39. The van der Waals surface area contributed by atoms with Gasteiger partial charge in [-0.25, -0.2) is 0 Å². The molecule has 2 N–H and O–H groups in total. The normalized spacial score (nSPS) is 20.2. The maximum absolute atomic E-state index is 12.3. The summed E-state index contributed by atoms with van der Waals surface area (Å²) in [5.74, 6) is 1.16. The lowest BCUT2D eigenvalue weighted by Crippen LogP contribution is -2.66. The number of hydrogen-bond donors (Lipinski definition) is 1. The van der Waals surface area contributed by atoms with Crippen LogP contribution in [0.2, 0.25) is 0 Å². The third-order valence-electron chi connectivity index (χ3n) is 3.19. The zero-order valence-electron chi connectivity index (χ0n) is 10.3. The van der Waals surface area contributed by atoms with Gasteiger partial charge in [0.25, 0.3) is 5.91 Å². The molecule has 0 bridgehead atoms. The van der Waals surface area contributed by atoms with Gasteiger partial charge in [-0.05, 0) is 19.1 Å². The van der Waals surface area contributed by atoms with Crippen LogP contribution in [0.15, 0.2) is 18.2 Å². The van der Waals surface area contributed by atoms with Crippen molar-refractivity contribution in [3.8, 4) is 11.5 Å². The van der Waals surface area contributed by atoms with Crippen LogP contribution in [-0.2, 0) is 0 Å². The van der Waals surface area contributed by atoms with E-state index in [2.05, 4.69) is 0 Å². The van der Waals surface area contributed by atoms with Crippen molar-refractivity contribution in [2.24, 2.45) is 5.73 Å². The number of ether oxygens (including phenoxy) is 2. The second-order valence-corrected chi connectivity index (χ2v) is 5.15. The number of rotatable bonds is 1. The van der Waals surface area contributed by atoms with E-state index >= 15 is 0 Å². The van der Waals surface area contributed by atoms with Gasteiger partial charge in [-0.3, -0.25) is 4.79 Å². The van der Waals surface area contributed by atoms with Gasteiger partial charge in [-0.1, -0.05) is 6.07 Å². The topological polar surface area (TPSA) is 64.8 Å². The zero-order valence-corrected chi connectivity index (χ0v) is 10.3. The first-order valence-corrected chi connectivity index (χ1v) is 6.04. The van der Waals surface area contributed by atoms with E-state index in [1.54, 1.807) is 11.0 Å². The number of carbonyl (C=O) groups excluding carboxylic acids is 1. The zero-order chi connectivity index (χ0) is 12.8. The second-order valence-electron chi connectivity index (χ2n) is 5.15. The van der Waals surface area contributed by atoms with Crippen molar-refractivity contribution in [1.82, 2.24) is 4.90 Å². The maximum Gasteiger partial charge on any atom is 0.257 e. The largest absolute Gasteiger partial charge is 0.486 e. The summed E-state index contributed by atoms with van der Waals surface area (Å²) in [5, 5.41) is 0. The van der Waals surface area contributed by atoms with Gasteiger partial charge in [0.15, 0.2) is 11.5 Å². The second kappa shape index (κ2) is 3.88. The Hall–Kier alpha value is -1.75. The van der Waals surface area contributed by atoms with E-state index in [1.807, 2.05) is 19.1 Å². The molecule has 1 fully saturated rings. The van der Waals surface area contributed by atoms with E-state index in [9.17, 15) is 4.79 Å². The fourth-order valence-corrected chi connectivity index (χ4v) is 2.38. The Balaban J connectivity index is 1.86. The number of para-hydroxylation sites is 1. The third kappa shape index (κ3) is 1.80. The summed E-state index contributed by atoms with van der Waals surface area (Å²) in [7, 11) is 0. The first-order valence-electron chi connectivity index (χ1n) is 6.04. The van der Waals surface area contributed by atoms with Gasteiger partial charge in [0, 0.05) is 18.6 Å². The first-order chi connectivity index (χ1) is 8.57. The van der Waals surface area contributed by atoms with Crippen LogP contribution in [0.4, 0.5) is 0 Å². The summed E-state index contributed by atoms with van der Waals surface area (Å²) in [6.07, 6.45) is 0. The highest BCUT2D eigenvalue weighted by Gasteiger charge is 2.39. The van der Waals surface area contributed by atoms with Gasteiger partial charge in [0.1, 0.15) is 13.2 Å². The molecule has 1 amide bonds. The van der Waals surface area contributed by atoms with Crippen LogP contribution in [0.3, 0.4) is 0 Å². The van der Waals surface area contributed by atoms with Crippen LogP contribution in [0.25, 0.3) is 0 Å². The van der Waals surface area contributed by atoms with Crippen molar-refractivity contribution in [2.75, 3.05) is 26.3 Å². The van der Waals surface area contributed by atoms with Crippen molar-refractivity contribution >= 4 is 5.91 Å².